The van der Waals surface area contributed by atoms with Crippen molar-refractivity contribution >= 4 is 0 Å². The average molecular weight is 252 g/mol. The minimum Gasteiger partial charge on any atom is -0.361 e. The zero-order chi connectivity index (χ0) is 13.5. The molecule has 0 aliphatic carbocycles. The standard InChI is InChI=1S/C18H20O/c1-14-17(2,3)18(19-14,15-10-6-4-7-11-15)16-12-8-5-9-13-16/h4-14H,1-3H3/t14-/m1/s1. The van der Waals surface area contributed by atoms with Crippen LogP contribution < -0.4 is 0 Å². The van der Waals surface area contributed by atoms with E-state index in [0.717, 1.165) is 0 Å². The van der Waals surface area contributed by atoms with E-state index in [1.807, 2.05) is 0 Å². The third kappa shape index (κ3) is 1.58. The second kappa shape index (κ2) is 4.21. The molecule has 2 aromatic carbocycles. The second-order valence-electron chi connectivity index (χ2n) is 5.90. The van der Waals surface area contributed by atoms with E-state index >= 15 is 0 Å². The summed E-state index contributed by atoms with van der Waals surface area (Å²) in [6, 6.07) is 21.1. The average Bonchev–Trinajstić information content (AvgIpc) is 2.46. The van der Waals surface area contributed by atoms with Gasteiger partial charge in [-0.15, -0.1) is 0 Å². The molecule has 19 heavy (non-hydrogen) atoms. The highest BCUT2D eigenvalue weighted by Gasteiger charge is 2.61. The summed E-state index contributed by atoms with van der Waals surface area (Å²) in [5.74, 6) is 0. The topological polar surface area (TPSA) is 9.23 Å². The molecule has 1 heteroatoms. The summed E-state index contributed by atoms with van der Waals surface area (Å²) in [6.45, 7) is 6.74. The van der Waals surface area contributed by atoms with Crippen LogP contribution in [0.25, 0.3) is 0 Å². The Bertz CT molecular complexity index is 517. The Balaban J connectivity index is 2.19. The largest absolute Gasteiger partial charge is 0.361 e. The van der Waals surface area contributed by atoms with Crippen molar-refractivity contribution in [2.75, 3.05) is 0 Å². The maximum atomic E-state index is 6.31. The summed E-state index contributed by atoms with van der Waals surface area (Å²) >= 11 is 0. The van der Waals surface area contributed by atoms with Crippen LogP contribution in [0.1, 0.15) is 31.9 Å². The monoisotopic (exact) mass is 252 g/mol. The molecule has 1 fully saturated rings. The summed E-state index contributed by atoms with van der Waals surface area (Å²) in [5, 5.41) is 0. The predicted octanol–water partition coefficient (Wildman–Crippen LogP) is 4.38. The molecule has 0 unspecified atom stereocenters. The van der Waals surface area contributed by atoms with Crippen molar-refractivity contribution in [1.29, 1.82) is 0 Å². The molecule has 1 nitrogen and oxygen atoms in total. The summed E-state index contributed by atoms with van der Waals surface area (Å²) in [5.41, 5.74) is 2.23. The van der Waals surface area contributed by atoms with Gasteiger partial charge in [0, 0.05) is 5.41 Å². The van der Waals surface area contributed by atoms with Gasteiger partial charge in [-0.25, -0.2) is 0 Å². The lowest BCUT2D eigenvalue weighted by atomic mass is 9.59. The normalized spacial score (nSPS) is 23.6. The second-order valence-corrected chi connectivity index (χ2v) is 5.90. The van der Waals surface area contributed by atoms with Crippen LogP contribution in [0.4, 0.5) is 0 Å². The molecule has 0 bridgehead atoms. The number of benzene rings is 2. The highest BCUT2D eigenvalue weighted by molar-refractivity contribution is 5.42. The number of hydrogen-bond donors (Lipinski definition) is 0. The molecule has 0 amide bonds. The van der Waals surface area contributed by atoms with Crippen LogP contribution in [0.2, 0.25) is 0 Å². The predicted molar refractivity (Wildman–Crippen MR) is 78.0 cm³/mol. The molecule has 1 aliphatic rings. The summed E-state index contributed by atoms with van der Waals surface area (Å²) < 4.78 is 6.31. The smallest absolute Gasteiger partial charge is 0.126 e. The van der Waals surface area contributed by atoms with Crippen molar-refractivity contribution in [2.24, 2.45) is 5.41 Å². The van der Waals surface area contributed by atoms with E-state index in [4.69, 9.17) is 4.74 Å². The van der Waals surface area contributed by atoms with Crippen molar-refractivity contribution in [1.82, 2.24) is 0 Å². The molecular weight excluding hydrogens is 232 g/mol. The van der Waals surface area contributed by atoms with Gasteiger partial charge in [0.1, 0.15) is 5.60 Å². The Kier molecular flexibility index (Phi) is 2.75. The lowest BCUT2D eigenvalue weighted by Crippen LogP contribution is -2.63. The van der Waals surface area contributed by atoms with E-state index < -0.39 is 0 Å². The Labute approximate surface area is 115 Å². The first-order valence-corrected chi connectivity index (χ1v) is 6.88. The van der Waals surface area contributed by atoms with Crippen LogP contribution in [-0.4, -0.2) is 6.10 Å². The fraction of sp³-hybridized carbons (Fsp3) is 0.333. The van der Waals surface area contributed by atoms with Gasteiger partial charge in [0.05, 0.1) is 6.10 Å². The molecule has 98 valence electrons. The molecule has 1 aliphatic heterocycles. The van der Waals surface area contributed by atoms with E-state index in [0.29, 0.717) is 0 Å². The zero-order valence-electron chi connectivity index (χ0n) is 11.8. The van der Waals surface area contributed by atoms with Crippen molar-refractivity contribution in [3.05, 3.63) is 71.8 Å². The molecule has 1 heterocycles. The van der Waals surface area contributed by atoms with Crippen molar-refractivity contribution in [3.63, 3.8) is 0 Å². The number of hydrogen-bond acceptors (Lipinski definition) is 1. The van der Waals surface area contributed by atoms with Crippen molar-refractivity contribution in [3.8, 4) is 0 Å². The van der Waals surface area contributed by atoms with Gasteiger partial charge in [0.2, 0.25) is 0 Å². The van der Waals surface area contributed by atoms with Crippen LogP contribution in [-0.2, 0) is 10.3 Å². The van der Waals surface area contributed by atoms with Crippen LogP contribution in [0.3, 0.4) is 0 Å². The van der Waals surface area contributed by atoms with Crippen LogP contribution in [0.15, 0.2) is 60.7 Å². The van der Waals surface area contributed by atoms with Crippen molar-refractivity contribution < 1.29 is 4.74 Å². The fourth-order valence-electron chi connectivity index (χ4n) is 3.19. The number of ether oxygens (including phenoxy) is 1. The first kappa shape index (κ1) is 12.4. The maximum Gasteiger partial charge on any atom is 0.126 e. The van der Waals surface area contributed by atoms with E-state index in [9.17, 15) is 0 Å². The van der Waals surface area contributed by atoms with Crippen LogP contribution in [0.5, 0.6) is 0 Å². The summed E-state index contributed by atoms with van der Waals surface area (Å²) in [4.78, 5) is 0. The fourth-order valence-corrected chi connectivity index (χ4v) is 3.19. The van der Waals surface area contributed by atoms with E-state index in [2.05, 4.69) is 81.4 Å². The Hall–Kier alpha value is -1.60. The quantitative estimate of drug-likeness (QED) is 0.771. The van der Waals surface area contributed by atoms with Gasteiger partial charge < -0.3 is 4.74 Å². The molecule has 0 aromatic heterocycles. The van der Waals surface area contributed by atoms with Gasteiger partial charge in [-0.3, -0.25) is 0 Å². The molecule has 0 N–H and O–H groups in total. The SMILES string of the molecule is C[C@H]1OC(c2ccccc2)(c2ccccc2)C1(C)C. The minimum atomic E-state index is -0.324. The van der Waals surface area contributed by atoms with Gasteiger partial charge in [-0.2, -0.15) is 0 Å². The third-order valence-corrected chi connectivity index (χ3v) is 4.64. The highest BCUT2D eigenvalue weighted by Crippen LogP contribution is 2.59. The number of rotatable bonds is 2. The zero-order valence-corrected chi connectivity index (χ0v) is 11.8. The van der Waals surface area contributed by atoms with Gasteiger partial charge in [-0.05, 0) is 18.1 Å². The van der Waals surface area contributed by atoms with Crippen LogP contribution in [0, 0.1) is 5.41 Å². The summed E-state index contributed by atoms with van der Waals surface area (Å²) in [6.07, 6.45) is 0.257. The summed E-state index contributed by atoms with van der Waals surface area (Å²) in [7, 11) is 0. The van der Waals surface area contributed by atoms with Crippen LogP contribution >= 0.6 is 0 Å². The molecule has 0 saturated carbocycles. The lowest BCUT2D eigenvalue weighted by molar-refractivity contribution is -0.287. The van der Waals surface area contributed by atoms with E-state index in [1.165, 1.54) is 11.1 Å². The van der Waals surface area contributed by atoms with Gasteiger partial charge in [0.15, 0.2) is 0 Å². The molecule has 2 aromatic rings. The minimum absolute atomic E-state index is 0.0791. The lowest BCUT2D eigenvalue weighted by Gasteiger charge is -2.61. The Morgan fingerprint density at radius 3 is 1.53 bits per heavy atom. The molecule has 3 rings (SSSR count). The van der Waals surface area contributed by atoms with Gasteiger partial charge in [-0.1, -0.05) is 74.5 Å². The maximum absolute atomic E-state index is 6.31. The molecular formula is C18H20O. The van der Waals surface area contributed by atoms with Gasteiger partial charge >= 0.3 is 0 Å². The molecule has 0 radical (unpaired) electrons. The van der Waals surface area contributed by atoms with E-state index in [-0.39, 0.29) is 17.1 Å². The van der Waals surface area contributed by atoms with Crippen molar-refractivity contribution in [2.45, 2.75) is 32.5 Å². The Morgan fingerprint density at radius 1 is 0.789 bits per heavy atom. The third-order valence-electron chi connectivity index (χ3n) is 4.64. The molecule has 1 atom stereocenters. The first-order chi connectivity index (χ1) is 9.09. The Morgan fingerprint density at radius 2 is 1.21 bits per heavy atom. The highest BCUT2D eigenvalue weighted by atomic mass is 16.5. The first-order valence-electron chi connectivity index (χ1n) is 6.88. The van der Waals surface area contributed by atoms with E-state index in [1.54, 1.807) is 0 Å². The van der Waals surface area contributed by atoms with Gasteiger partial charge in [0.25, 0.3) is 0 Å². The molecule has 0 spiro atoms. The molecule has 1 saturated heterocycles.